The van der Waals surface area contributed by atoms with Crippen LogP contribution in [0, 0.1) is 0 Å². The number of aliphatic hydroxyl groups excluding tert-OH is 1. The number of fused-ring (bicyclic) bond motifs is 1. The predicted octanol–water partition coefficient (Wildman–Crippen LogP) is 1.15. The van der Waals surface area contributed by atoms with Gasteiger partial charge in [-0.15, -0.1) is 0 Å². The number of hydrogen-bond acceptors (Lipinski definition) is 3. The van der Waals surface area contributed by atoms with Crippen LogP contribution in [0.15, 0.2) is 18.2 Å². The molecule has 5 heteroatoms. The molecule has 0 saturated carbocycles. The number of nitrogens with one attached hydrogen (secondary N) is 1. The van der Waals surface area contributed by atoms with E-state index in [1.54, 1.807) is 0 Å². The molecule has 1 atom stereocenters. The van der Waals surface area contributed by atoms with Crippen molar-refractivity contribution in [3.8, 4) is 0 Å². The number of benzene rings is 1. The van der Waals surface area contributed by atoms with Gasteiger partial charge in [-0.05, 0) is 44.7 Å². The summed E-state index contributed by atoms with van der Waals surface area (Å²) in [7, 11) is 0.955. The molecule has 1 aromatic carbocycles. The highest BCUT2D eigenvalue weighted by atomic mass is 16.6. The fourth-order valence-electron chi connectivity index (χ4n) is 2.94. The van der Waals surface area contributed by atoms with Crippen molar-refractivity contribution in [1.29, 1.82) is 0 Å². The summed E-state index contributed by atoms with van der Waals surface area (Å²) >= 11 is 0. The topological polar surface area (TPSA) is 58.6 Å². The molecule has 0 heterocycles. The van der Waals surface area contributed by atoms with Crippen LogP contribution in [0.25, 0.3) is 0 Å². The van der Waals surface area contributed by atoms with Gasteiger partial charge in [-0.1, -0.05) is 30.5 Å². The van der Waals surface area contributed by atoms with E-state index < -0.39 is 17.2 Å². The van der Waals surface area contributed by atoms with Crippen molar-refractivity contribution in [2.75, 3.05) is 6.61 Å². The summed E-state index contributed by atoms with van der Waals surface area (Å²) < 4.78 is 5.32. The van der Waals surface area contributed by atoms with Gasteiger partial charge in [0, 0.05) is 0 Å². The highest BCUT2D eigenvalue weighted by Crippen LogP contribution is 2.29. The first-order valence-electron chi connectivity index (χ1n) is 7.50. The van der Waals surface area contributed by atoms with Gasteiger partial charge in [-0.2, -0.15) is 0 Å². The van der Waals surface area contributed by atoms with Crippen LogP contribution < -0.4 is 10.8 Å². The second kappa shape index (κ2) is 5.72. The first kappa shape index (κ1) is 15.9. The zero-order valence-corrected chi connectivity index (χ0v) is 13.3. The van der Waals surface area contributed by atoms with E-state index in [0.29, 0.717) is 12.8 Å². The number of ether oxygens (including phenoxy) is 1. The Morgan fingerprint density at radius 3 is 2.71 bits per heavy atom. The van der Waals surface area contributed by atoms with Crippen molar-refractivity contribution >= 4 is 18.8 Å². The molecular weight excluding hydrogens is 265 g/mol. The molecule has 0 bridgehead atoms. The van der Waals surface area contributed by atoms with E-state index in [4.69, 9.17) is 4.74 Å². The minimum absolute atomic E-state index is 0.0932. The molecule has 1 amide bonds. The Hall–Kier alpha value is -1.49. The van der Waals surface area contributed by atoms with Crippen LogP contribution in [0.3, 0.4) is 0 Å². The summed E-state index contributed by atoms with van der Waals surface area (Å²) in [5, 5.41) is 12.7. The van der Waals surface area contributed by atoms with Crippen molar-refractivity contribution in [1.82, 2.24) is 5.32 Å². The van der Waals surface area contributed by atoms with Crippen molar-refractivity contribution in [3.63, 3.8) is 0 Å². The molecular formula is C16H24BNO3. The number of alkyl carbamates (subject to hydrolysis) is 1. The first-order chi connectivity index (χ1) is 9.78. The van der Waals surface area contributed by atoms with Crippen LogP contribution in [0.5, 0.6) is 0 Å². The molecule has 114 valence electrons. The van der Waals surface area contributed by atoms with E-state index in [-0.39, 0.29) is 6.61 Å². The normalized spacial score (nSPS) is 20.8. The lowest BCUT2D eigenvalue weighted by Crippen LogP contribution is -2.53. The van der Waals surface area contributed by atoms with Crippen LogP contribution in [-0.4, -0.2) is 36.2 Å². The van der Waals surface area contributed by atoms with Crippen molar-refractivity contribution < 1.29 is 14.6 Å². The molecule has 2 rings (SSSR count). The molecule has 1 aliphatic carbocycles. The summed E-state index contributed by atoms with van der Waals surface area (Å²) in [6, 6.07) is 6.22. The number of amides is 1. The van der Waals surface area contributed by atoms with E-state index in [2.05, 4.69) is 24.3 Å². The predicted molar refractivity (Wildman–Crippen MR) is 85.7 cm³/mol. The summed E-state index contributed by atoms with van der Waals surface area (Å²) in [4.78, 5) is 12.0. The van der Waals surface area contributed by atoms with E-state index in [1.165, 1.54) is 16.6 Å². The Morgan fingerprint density at radius 2 is 2.14 bits per heavy atom. The van der Waals surface area contributed by atoms with Crippen molar-refractivity contribution in [3.05, 3.63) is 29.3 Å². The molecule has 0 fully saturated rings. The van der Waals surface area contributed by atoms with Gasteiger partial charge in [0.15, 0.2) is 7.28 Å². The lowest BCUT2D eigenvalue weighted by atomic mass is 9.70. The van der Waals surface area contributed by atoms with Gasteiger partial charge in [0.25, 0.3) is 0 Å². The fraction of sp³-hybridized carbons (Fsp3) is 0.562. The van der Waals surface area contributed by atoms with Gasteiger partial charge < -0.3 is 15.2 Å². The van der Waals surface area contributed by atoms with E-state index in [0.717, 1.165) is 7.28 Å². The van der Waals surface area contributed by atoms with Crippen molar-refractivity contribution in [2.45, 2.75) is 51.6 Å². The smallest absolute Gasteiger partial charge is 0.408 e. The summed E-state index contributed by atoms with van der Waals surface area (Å²) in [5.74, 6) is 0. The molecule has 2 N–H and O–H groups in total. The van der Waals surface area contributed by atoms with Gasteiger partial charge in [0.1, 0.15) is 5.60 Å². The Bertz CT molecular complexity index is 539. The van der Waals surface area contributed by atoms with E-state index in [1.807, 2.05) is 26.8 Å². The monoisotopic (exact) mass is 289 g/mol. The first-order valence-corrected chi connectivity index (χ1v) is 7.50. The summed E-state index contributed by atoms with van der Waals surface area (Å²) in [6.45, 7) is 7.52. The zero-order chi connectivity index (χ0) is 15.7. The van der Waals surface area contributed by atoms with Crippen LogP contribution in [0.1, 0.15) is 31.9 Å². The molecule has 0 spiro atoms. The van der Waals surface area contributed by atoms with Gasteiger partial charge in [-0.25, -0.2) is 4.79 Å². The SMILES string of the molecule is CBc1cccc2c1CC(CO)(NC(=O)OC(C)(C)C)C2. The maximum Gasteiger partial charge on any atom is 0.408 e. The second-order valence-corrected chi connectivity index (χ2v) is 6.83. The van der Waals surface area contributed by atoms with Gasteiger partial charge >= 0.3 is 6.09 Å². The highest BCUT2D eigenvalue weighted by Gasteiger charge is 2.39. The minimum Gasteiger partial charge on any atom is -0.444 e. The third kappa shape index (κ3) is 3.59. The van der Waals surface area contributed by atoms with Crippen LogP contribution in [0.2, 0.25) is 6.82 Å². The van der Waals surface area contributed by atoms with Crippen LogP contribution in [-0.2, 0) is 17.6 Å². The number of carbonyl (C=O) groups is 1. The Morgan fingerprint density at radius 1 is 1.43 bits per heavy atom. The van der Waals surface area contributed by atoms with Gasteiger partial charge in [0.2, 0.25) is 0 Å². The third-order valence-electron chi connectivity index (χ3n) is 3.86. The lowest BCUT2D eigenvalue weighted by molar-refractivity contribution is 0.0407. The summed E-state index contributed by atoms with van der Waals surface area (Å²) in [6.07, 6.45) is 0.830. The average molecular weight is 289 g/mol. The molecule has 21 heavy (non-hydrogen) atoms. The summed E-state index contributed by atoms with van der Waals surface area (Å²) in [5.41, 5.74) is 2.56. The molecule has 0 radical (unpaired) electrons. The molecule has 1 aliphatic rings. The standard InChI is InChI=1S/C16H24BNO3/c1-15(2,3)21-14(20)18-16(10-19)8-11-6-5-7-13(17-4)12(11)9-16/h5-7,17,19H,8-10H2,1-4H3,(H,18,20). The van der Waals surface area contributed by atoms with Crippen molar-refractivity contribution in [2.24, 2.45) is 0 Å². The fourth-order valence-corrected chi connectivity index (χ4v) is 2.94. The maximum absolute atomic E-state index is 12.0. The molecule has 1 aromatic rings. The molecule has 1 unspecified atom stereocenters. The zero-order valence-electron chi connectivity index (χ0n) is 13.3. The number of rotatable bonds is 3. The Labute approximate surface area is 127 Å². The van der Waals surface area contributed by atoms with Gasteiger partial charge in [-0.3, -0.25) is 0 Å². The Balaban J connectivity index is 2.17. The quantitative estimate of drug-likeness (QED) is 0.821. The van der Waals surface area contributed by atoms with E-state index >= 15 is 0 Å². The second-order valence-electron chi connectivity index (χ2n) is 6.83. The molecule has 0 aromatic heterocycles. The molecule has 0 aliphatic heterocycles. The maximum atomic E-state index is 12.0. The highest BCUT2D eigenvalue weighted by molar-refractivity contribution is 6.52. The van der Waals surface area contributed by atoms with Gasteiger partial charge in [0.05, 0.1) is 12.1 Å². The Kier molecular flexibility index (Phi) is 4.33. The number of carbonyl (C=O) groups excluding carboxylic acids is 1. The largest absolute Gasteiger partial charge is 0.444 e. The van der Waals surface area contributed by atoms with E-state index in [9.17, 15) is 9.90 Å². The molecule has 4 nitrogen and oxygen atoms in total. The van der Waals surface area contributed by atoms with Crippen LogP contribution in [0.4, 0.5) is 4.79 Å². The lowest BCUT2D eigenvalue weighted by Gasteiger charge is -2.30. The van der Waals surface area contributed by atoms with Crippen LogP contribution >= 0.6 is 0 Å². The molecule has 0 saturated heterocycles. The third-order valence-corrected chi connectivity index (χ3v) is 3.86. The minimum atomic E-state index is -0.643. The number of hydrogen-bond donors (Lipinski definition) is 2. The average Bonchev–Trinajstić information content (AvgIpc) is 2.74. The number of aliphatic hydroxyl groups is 1.